The molecule has 1 aliphatic heterocycles. The number of imidazole rings is 1. The fourth-order valence-corrected chi connectivity index (χ4v) is 4.39. The van der Waals surface area contributed by atoms with E-state index in [9.17, 15) is 9.59 Å². The molecule has 7 heteroatoms. The molecule has 0 saturated carbocycles. The summed E-state index contributed by atoms with van der Waals surface area (Å²) in [4.78, 5) is 31.5. The molecule has 3 amide bonds. The van der Waals surface area contributed by atoms with Crippen molar-refractivity contribution in [1.82, 2.24) is 19.8 Å². The Morgan fingerprint density at radius 2 is 1.88 bits per heavy atom. The zero-order valence-corrected chi connectivity index (χ0v) is 19.8. The Bertz CT molecular complexity index is 895. The molecule has 1 fully saturated rings. The fourth-order valence-electron chi connectivity index (χ4n) is 4.39. The normalized spacial score (nSPS) is 14.8. The van der Waals surface area contributed by atoms with Crippen LogP contribution in [0.2, 0.25) is 0 Å². The maximum Gasteiger partial charge on any atom is 0.319 e. The number of urea groups is 1. The van der Waals surface area contributed by atoms with Crippen LogP contribution in [0.5, 0.6) is 0 Å². The lowest BCUT2D eigenvalue weighted by atomic mass is 9.98. The van der Waals surface area contributed by atoms with Gasteiger partial charge < -0.3 is 20.1 Å². The number of rotatable bonds is 8. The van der Waals surface area contributed by atoms with Crippen molar-refractivity contribution in [1.29, 1.82) is 0 Å². The lowest BCUT2D eigenvalue weighted by Gasteiger charge is -2.34. The van der Waals surface area contributed by atoms with Gasteiger partial charge in [0.15, 0.2) is 0 Å². The van der Waals surface area contributed by atoms with Crippen molar-refractivity contribution in [2.24, 2.45) is 5.92 Å². The fraction of sp³-hybridized carbons (Fsp3) is 0.560. The highest BCUT2D eigenvalue weighted by atomic mass is 16.2. The first kappa shape index (κ1) is 23.8. The second kappa shape index (κ2) is 11.2. The van der Waals surface area contributed by atoms with Crippen molar-refractivity contribution in [3.63, 3.8) is 0 Å². The van der Waals surface area contributed by atoms with E-state index in [0.29, 0.717) is 25.6 Å². The third-order valence-corrected chi connectivity index (χ3v) is 6.28. The molecule has 0 spiro atoms. The molecule has 0 aliphatic carbocycles. The van der Waals surface area contributed by atoms with Gasteiger partial charge >= 0.3 is 6.03 Å². The Morgan fingerprint density at radius 3 is 2.53 bits per heavy atom. The summed E-state index contributed by atoms with van der Waals surface area (Å²) < 4.78 is 2.14. The maximum atomic E-state index is 12.6. The summed E-state index contributed by atoms with van der Waals surface area (Å²) >= 11 is 0. The molecule has 1 aliphatic rings. The Kier molecular flexibility index (Phi) is 8.31. The number of nitrogens with zero attached hydrogens (tertiary/aromatic N) is 3. The van der Waals surface area contributed by atoms with Crippen molar-refractivity contribution in [3.8, 4) is 0 Å². The van der Waals surface area contributed by atoms with Crippen molar-refractivity contribution in [2.75, 3.05) is 18.4 Å². The molecule has 1 aromatic carbocycles. The molecule has 1 aromatic heterocycles. The molecule has 2 N–H and O–H groups in total. The number of anilines is 1. The number of likely N-dealkylation sites (tertiary alicyclic amines) is 1. The summed E-state index contributed by atoms with van der Waals surface area (Å²) in [5.41, 5.74) is 1.88. The molecule has 174 valence electrons. The summed E-state index contributed by atoms with van der Waals surface area (Å²) in [5, 5.41) is 6.03. The van der Waals surface area contributed by atoms with Crippen molar-refractivity contribution < 1.29 is 9.59 Å². The number of benzene rings is 1. The number of hydrogen-bond acceptors (Lipinski definition) is 3. The molecule has 0 bridgehead atoms. The maximum absolute atomic E-state index is 12.6. The van der Waals surface area contributed by atoms with Gasteiger partial charge in [-0.1, -0.05) is 39.8 Å². The van der Waals surface area contributed by atoms with E-state index in [1.165, 1.54) is 0 Å². The van der Waals surface area contributed by atoms with Crippen LogP contribution >= 0.6 is 0 Å². The highest BCUT2D eigenvalue weighted by Gasteiger charge is 2.27. The molecule has 0 radical (unpaired) electrons. The van der Waals surface area contributed by atoms with Gasteiger partial charge in [-0.2, -0.15) is 0 Å². The van der Waals surface area contributed by atoms with Crippen LogP contribution in [0.1, 0.15) is 70.7 Å². The Morgan fingerprint density at radius 1 is 1.16 bits per heavy atom. The number of carbonyl (C=O) groups excluding carboxylic acids is 2. The first-order chi connectivity index (χ1) is 15.4. The van der Waals surface area contributed by atoms with Crippen LogP contribution in [0.3, 0.4) is 0 Å². The van der Waals surface area contributed by atoms with Crippen LogP contribution in [0, 0.1) is 5.92 Å². The highest BCUT2D eigenvalue weighted by Crippen LogP contribution is 2.19. The Hall–Kier alpha value is -2.83. The van der Waals surface area contributed by atoms with Crippen LogP contribution in [0.4, 0.5) is 10.5 Å². The molecule has 7 nitrogen and oxygen atoms in total. The predicted octanol–water partition coefficient (Wildman–Crippen LogP) is 4.60. The van der Waals surface area contributed by atoms with Gasteiger partial charge in [-0.05, 0) is 43.4 Å². The van der Waals surface area contributed by atoms with E-state index >= 15 is 0 Å². The summed E-state index contributed by atoms with van der Waals surface area (Å²) in [6.07, 6.45) is 7.16. The highest BCUT2D eigenvalue weighted by molar-refractivity contribution is 5.89. The first-order valence-electron chi connectivity index (χ1n) is 11.9. The van der Waals surface area contributed by atoms with E-state index in [0.717, 1.165) is 42.8 Å². The minimum Gasteiger partial charge on any atom is -0.342 e. The summed E-state index contributed by atoms with van der Waals surface area (Å²) in [7, 11) is 0. The van der Waals surface area contributed by atoms with E-state index in [4.69, 9.17) is 0 Å². The topological polar surface area (TPSA) is 79.3 Å². The molecule has 1 saturated heterocycles. The van der Waals surface area contributed by atoms with Crippen LogP contribution < -0.4 is 10.6 Å². The number of hydrogen-bond donors (Lipinski definition) is 2. The average molecular weight is 440 g/mol. The van der Waals surface area contributed by atoms with Gasteiger partial charge in [0, 0.05) is 55.6 Å². The Labute approximate surface area is 191 Å². The number of aromatic nitrogens is 2. The van der Waals surface area contributed by atoms with Gasteiger partial charge in [0.05, 0.1) is 0 Å². The van der Waals surface area contributed by atoms with E-state index in [1.54, 1.807) is 0 Å². The average Bonchev–Trinajstić information content (AvgIpc) is 3.23. The van der Waals surface area contributed by atoms with Crippen LogP contribution in [-0.2, 0) is 11.3 Å². The zero-order valence-electron chi connectivity index (χ0n) is 19.8. The number of amides is 3. The summed E-state index contributed by atoms with van der Waals surface area (Å²) in [6, 6.07) is 7.80. The van der Waals surface area contributed by atoms with E-state index in [1.807, 2.05) is 35.5 Å². The summed E-state index contributed by atoms with van der Waals surface area (Å²) in [6.45, 7) is 10.5. The third-order valence-electron chi connectivity index (χ3n) is 6.28. The van der Waals surface area contributed by atoms with Gasteiger partial charge in [-0.3, -0.25) is 4.79 Å². The molecular weight excluding hydrogens is 402 g/mol. The van der Waals surface area contributed by atoms with E-state index in [-0.39, 0.29) is 23.9 Å². The van der Waals surface area contributed by atoms with Crippen molar-refractivity contribution in [3.05, 3.63) is 48.0 Å². The zero-order chi connectivity index (χ0) is 23.1. The summed E-state index contributed by atoms with van der Waals surface area (Å²) in [5.74, 6) is 1.78. The molecule has 0 atom stereocenters. The second-order valence-corrected chi connectivity index (χ2v) is 8.98. The second-order valence-electron chi connectivity index (χ2n) is 8.98. The predicted molar refractivity (Wildman–Crippen MR) is 128 cm³/mol. The molecule has 32 heavy (non-hydrogen) atoms. The van der Waals surface area contributed by atoms with Crippen LogP contribution in [0.25, 0.3) is 0 Å². The van der Waals surface area contributed by atoms with Crippen LogP contribution in [-0.4, -0.2) is 45.5 Å². The van der Waals surface area contributed by atoms with Gasteiger partial charge in [0.2, 0.25) is 5.91 Å². The Balaban J connectivity index is 1.50. The van der Waals surface area contributed by atoms with Gasteiger partial charge in [-0.25, -0.2) is 9.78 Å². The molecule has 2 heterocycles. The van der Waals surface area contributed by atoms with Gasteiger partial charge in [0.1, 0.15) is 5.82 Å². The van der Waals surface area contributed by atoms with Crippen molar-refractivity contribution in [2.45, 2.75) is 71.9 Å². The lowest BCUT2D eigenvalue weighted by Crippen LogP contribution is -2.48. The number of nitrogens with one attached hydrogen (secondary N) is 2. The quantitative estimate of drug-likeness (QED) is 0.631. The molecule has 2 aromatic rings. The lowest BCUT2D eigenvalue weighted by molar-refractivity contribution is -0.136. The largest absolute Gasteiger partial charge is 0.342 e. The number of piperidine rings is 1. The smallest absolute Gasteiger partial charge is 0.319 e. The van der Waals surface area contributed by atoms with Crippen molar-refractivity contribution >= 4 is 17.6 Å². The minimum absolute atomic E-state index is 0.0866. The molecular formula is C25H37N5O2. The first-order valence-corrected chi connectivity index (χ1v) is 11.9. The molecule has 3 rings (SSSR count). The van der Waals surface area contributed by atoms with E-state index < -0.39 is 0 Å². The van der Waals surface area contributed by atoms with E-state index in [2.05, 4.69) is 53.9 Å². The van der Waals surface area contributed by atoms with Gasteiger partial charge in [0.25, 0.3) is 0 Å². The van der Waals surface area contributed by atoms with Gasteiger partial charge in [-0.15, -0.1) is 0 Å². The standard InChI is InChI=1S/C25H37N5O2/c1-5-20(6-2)24(31)29-13-10-21(11-14-29)27-25(32)28-22-9-7-8-19(16-22)17-30-15-12-26-23(30)18(3)4/h7-9,12,15-16,18,20-21H,5-6,10-11,13-14,17H2,1-4H3,(H2,27,28,32). The minimum atomic E-state index is -0.197. The molecule has 0 unspecified atom stereocenters. The number of carbonyl (C=O) groups is 2. The third kappa shape index (κ3) is 6.11. The monoisotopic (exact) mass is 439 g/mol. The SMILES string of the molecule is CCC(CC)C(=O)N1CCC(NC(=O)Nc2cccc(Cn3ccnc3C(C)C)c2)CC1. The van der Waals surface area contributed by atoms with Crippen LogP contribution in [0.15, 0.2) is 36.7 Å².